The maximum atomic E-state index is 12.9. The largest absolute Gasteiger partial charge is 0.451 e. The van der Waals surface area contributed by atoms with Crippen molar-refractivity contribution in [2.45, 2.75) is 6.54 Å². The van der Waals surface area contributed by atoms with Crippen molar-refractivity contribution < 1.29 is 9.21 Å². The van der Waals surface area contributed by atoms with Gasteiger partial charge in [-0.05, 0) is 34.7 Å². The van der Waals surface area contributed by atoms with Crippen LogP contribution >= 0.6 is 0 Å². The zero-order chi connectivity index (χ0) is 21.2. The molecule has 156 valence electrons. The normalized spacial score (nSPS) is 14.8. The monoisotopic (exact) mass is 416 g/mol. The van der Waals surface area contributed by atoms with Crippen LogP contribution in [0.3, 0.4) is 0 Å². The molecule has 0 bridgehead atoms. The van der Waals surface area contributed by atoms with Gasteiger partial charge in [0, 0.05) is 32.2 Å². The van der Waals surface area contributed by atoms with Gasteiger partial charge in [-0.25, -0.2) is 0 Å². The molecular formula is C22H20N6O3. The van der Waals surface area contributed by atoms with Crippen LogP contribution in [0.15, 0.2) is 69.9 Å². The minimum absolute atomic E-state index is 0.0742. The van der Waals surface area contributed by atoms with Crippen LogP contribution in [-0.4, -0.2) is 62.1 Å². The van der Waals surface area contributed by atoms with Gasteiger partial charge in [0.2, 0.25) is 0 Å². The van der Waals surface area contributed by atoms with Crippen molar-refractivity contribution in [3.63, 3.8) is 0 Å². The Hall–Kier alpha value is -3.85. The fourth-order valence-corrected chi connectivity index (χ4v) is 3.75. The first-order valence-corrected chi connectivity index (χ1v) is 10.1. The molecule has 9 heteroatoms. The molecule has 0 N–H and O–H groups in total. The van der Waals surface area contributed by atoms with Crippen molar-refractivity contribution in [1.29, 1.82) is 0 Å². The second-order valence-corrected chi connectivity index (χ2v) is 7.38. The maximum Gasteiger partial charge on any atom is 0.289 e. The molecule has 2 aromatic heterocycles. The van der Waals surface area contributed by atoms with Crippen LogP contribution < -0.4 is 5.43 Å². The number of aromatic nitrogens is 4. The molecule has 0 spiro atoms. The summed E-state index contributed by atoms with van der Waals surface area (Å²) in [5, 5.41) is 12.5. The average molecular weight is 416 g/mol. The van der Waals surface area contributed by atoms with Crippen molar-refractivity contribution in [3.05, 3.63) is 82.5 Å². The predicted octanol–water partition coefficient (Wildman–Crippen LogP) is 1.73. The number of hydrogen-bond acceptors (Lipinski definition) is 7. The Balaban J connectivity index is 1.26. The van der Waals surface area contributed by atoms with E-state index >= 15 is 0 Å². The average Bonchev–Trinajstić information content (AvgIpc) is 3.28. The predicted molar refractivity (Wildman–Crippen MR) is 113 cm³/mol. The van der Waals surface area contributed by atoms with Gasteiger partial charge in [0.15, 0.2) is 17.0 Å². The molecule has 3 heterocycles. The number of rotatable bonds is 4. The molecule has 4 aromatic rings. The maximum absolute atomic E-state index is 12.9. The summed E-state index contributed by atoms with van der Waals surface area (Å²) < 4.78 is 7.42. The van der Waals surface area contributed by atoms with Crippen LogP contribution in [0.2, 0.25) is 0 Å². The number of para-hydroxylation sites is 2. The summed E-state index contributed by atoms with van der Waals surface area (Å²) >= 11 is 0. The molecule has 1 amide bonds. The van der Waals surface area contributed by atoms with Gasteiger partial charge in [-0.2, -0.15) is 4.68 Å². The molecule has 1 saturated heterocycles. The van der Waals surface area contributed by atoms with Crippen molar-refractivity contribution >= 4 is 16.9 Å². The molecule has 1 aliphatic heterocycles. The number of fused-ring (bicyclic) bond motifs is 1. The molecule has 0 saturated carbocycles. The highest BCUT2D eigenvalue weighted by Gasteiger charge is 2.25. The van der Waals surface area contributed by atoms with E-state index in [1.54, 1.807) is 33.8 Å². The number of carbonyl (C=O) groups excluding carboxylic acids is 1. The van der Waals surface area contributed by atoms with Crippen molar-refractivity contribution in [3.8, 4) is 5.69 Å². The lowest BCUT2D eigenvalue weighted by molar-refractivity contribution is 0.0594. The molecule has 0 aliphatic carbocycles. The molecule has 2 aromatic carbocycles. The van der Waals surface area contributed by atoms with Gasteiger partial charge in [0.1, 0.15) is 5.58 Å². The lowest BCUT2D eigenvalue weighted by Crippen LogP contribution is -2.48. The number of hydrogen-bond donors (Lipinski definition) is 0. The van der Waals surface area contributed by atoms with Gasteiger partial charge in [-0.3, -0.25) is 14.5 Å². The van der Waals surface area contributed by atoms with E-state index in [4.69, 9.17) is 4.42 Å². The van der Waals surface area contributed by atoms with E-state index in [-0.39, 0.29) is 17.1 Å². The lowest BCUT2D eigenvalue weighted by Gasteiger charge is -2.34. The highest BCUT2D eigenvalue weighted by molar-refractivity contribution is 5.93. The molecule has 9 nitrogen and oxygen atoms in total. The summed E-state index contributed by atoms with van der Waals surface area (Å²) in [5.41, 5.74) is 1.11. The first kappa shape index (κ1) is 19.1. The third kappa shape index (κ3) is 3.82. The Morgan fingerprint density at radius 3 is 2.52 bits per heavy atom. The van der Waals surface area contributed by atoms with Crippen molar-refractivity contribution in [1.82, 2.24) is 30.0 Å². The fourth-order valence-electron chi connectivity index (χ4n) is 3.75. The van der Waals surface area contributed by atoms with E-state index in [0.29, 0.717) is 43.7 Å². The number of benzene rings is 2. The van der Waals surface area contributed by atoms with Crippen LogP contribution in [0.25, 0.3) is 16.7 Å². The number of piperazine rings is 1. The third-order valence-corrected chi connectivity index (χ3v) is 5.40. The summed E-state index contributed by atoms with van der Waals surface area (Å²) in [7, 11) is 0. The van der Waals surface area contributed by atoms with E-state index in [2.05, 4.69) is 20.4 Å². The number of carbonyl (C=O) groups is 1. The zero-order valence-corrected chi connectivity index (χ0v) is 16.7. The van der Waals surface area contributed by atoms with Gasteiger partial charge in [0.05, 0.1) is 17.6 Å². The number of amides is 1. The highest BCUT2D eigenvalue weighted by Crippen LogP contribution is 2.16. The first-order valence-electron chi connectivity index (χ1n) is 10.1. The second kappa shape index (κ2) is 8.11. The van der Waals surface area contributed by atoms with Crippen LogP contribution in [0.4, 0.5) is 0 Å². The molecule has 0 radical (unpaired) electrons. The molecule has 1 aliphatic rings. The van der Waals surface area contributed by atoms with Crippen molar-refractivity contribution in [2.24, 2.45) is 0 Å². The van der Waals surface area contributed by atoms with Crippen LogP contribution in [-0.2, 0) is 6.54 Å². The molecule has 31 heavy (non-hydrogen) atoms. The second-order valence-electron chi connectivity index (χ2n) is 7.38. The van der Waals surface area contributed by atoms with E-state index < -0.39 is 0 Å². The summed E-state index contributed by atoms with van der Waals surface area (Å²) in [6.07, 6.45) is 0. The Bertz CT molecular complexity index is 1280. The van der Waals surface area contributed by atoms with E-state index in [0.717, 1.165) is 11.5 Å². The summed E-state index contributed by atoms with van der Waals surface area (Å²) in [6, 6.07) is 18.0. The molecule has 1 fully saturated rings. The van der Waals surface area contributed by atoms with Gasteiger partial charge >= 0.3 is 0 Å². The van der Waals surface area contributed by atoms with Gasteiger partial charge in [-0.1, -0.05) is 30.3 Å². The lowest BCUT2D eigenvalue weighted by atomic mass is 10.2. The Morgan fingerprint density at radius 2 is 1.71 bits per heavy atom. The smallest absolute Gasteiger partial charge is 0.289 e. The van der Waals surface area contributed by atoms with Crippen LogP contribution in [0, 0.1) is 0 Å². The zero-order valence-electron chi connectivity index (χ0n) is 16.7. The van der Waals surface area contributed by atoms with Crippen molar-refractivity contribution in [2.75, 3.05) is 26.2 Å². The van der Waals surface area contributed by atoms with Gasteiger partial charge in [-0.15, -0.1) is 5.10 Å². The van der Waals surface area contributed by atoms with E-state index in [1.807, 2.05) is 30.3 Å². The third-order valence-electron chi connectivity index (χ3n) is 5.40. The summed E-state index contributed by atoms with van der Waals surface area (Å²) in [5.74, 6) is 0.549. The van der Waals surface area contributed by atoms with E-state index in [1.165, 1.54) is 6.07 Å². The Morgan fingerprint density at radius 1 is 0.968 bits per heavy atom. The molecule has 0 atom stereocenters. The molecule has 0 unspecified atom stereocenters. The van der Waals surface area contributed by atoms with Crippen LogP contribution in [0.1, 0.15) is 16.4 Å². The van der Waals surface area contributed by atoms with Crippen LogP contribution in [0.5, 0.6) is 0 Å². The van der Waals surface area contributed by atoms with Gasteiger partial charge in [0.25, 0.3) is 5.91 Å². The first-order chi connectivity index (χ1) is 15.2. The fraction of sp³-hybridized carbons (Fsp3) is 0.227. The van der Waals surface area contributed by atoms with E-state index in [9.17, 15) is 9.59 Å². The number of tetrazole rings is 1. The number of nitrogens with zero attached hydrogens (tertiary/aromatic N) is 6. The minimum Gasteiger partial charge on any atom is -0.451 e. The van der Waals surface area contributed by atoms with Gasteiger partial charge < -0.3 is 9.32 Å². The molecule has 5 rings (SSSR count). The highest BCUT2D eigenvalue weighted by atomic mass is 16.3. The Labute approximate surface area is 177 Å². The standard InChI is InChI=1S/C22H20N6O3/c29-18-14-20(31-19-9-5-4-8-17(18)19)22(30)27-12-10-26(11-13-27)15-21-23-24-25-28(21)16-6-2-1-3-7-16/h1-9,14H,10-13,15H2. The topological polar surface area (TPSA) is 97.4 Å². The minimum atomic E-state index is -0.267. The summed E-state index contributed by atoms with van der Waals surface area (Å²) in [4.78, 5) is 29.1. The molecular weight excluding hydrogens is 396 g/mol. The quantitative estimate of drug-likeness (QED) is 0.500. The SMILES string of the molecule is O=C(c1cc(=O)c2ccccc2o1)N1CCN(Cc2nnnn2-c2ccccc2)CC1. The Kier molecular flexibility index (Phi) is 5.01. The summed E-state index contributed by atoms with van der Waals surface area (Å²) in [6.45, 7) is 2.98.